The zero-order valence-corrected chi connectivity index (χ0v) is 10.5. The number of hydrogen-bond donors (Lipinski definition) is 0. The Balaban J connectivity index is 2.04. The predicted molar refractivity (Wildman–Crippen MR) is 73.1 cm³/mol. The van der Waals surface area contributed by atoms with Gasteiger partial charge < -0.3 is 0 Å². The van der Waals surface area contributed by atoms with Gasteiger partial charge in [0.05, 0.1) is 23.7 Å². The number of carbonyl (C=O) groups excluding carboxylic acids is 2. The third kappa shape index (κ3) is 1.86. The maximum absolute atomic E-state index is 12.4. The summed E-state index contributed by atoms with van der Waals surface area (Å²) in [5.74, 6) is -0.569. The molecule has 0 aliphatic carbocycles. The number of rotatable bonds is 1. The molecule has 1 heterocycles. The molecule has 0 bridgehead atoms. The highest BCUT2D eigenvalue weighted by molar-refractivity contribution is 6.24. The first-order chi connectivity index (χ1) is 9.70. The van der Waals surface area contributed by atoms with Crippen LogP contribution < -0.4 is 4.90 Å². The molecule has 4 heteroatoms. The molecule has 0 saturated carbocycles. The van der Waals surface area contributed by atoms with Crippen LogP contribution in [0.2, 0.25) is 0 Å². The minimum Gasteiger partial charge on any atom is -0.274 e. The van der Waals surface area contributed by atoms with Crippen molar-refractivity contribution in [2.24, 2.45) is 0 Å². The van der Waals surface area contributed by atoms with Crippen LogP contribution in [0.4, 0.5) is 5.69 Å². The van der Waals surface area contributed by atoms with Gasteiger partial charge >= 0.3 is 0 Å². The zero-order valence-electron chi connectivity index (χ0n) is 10.5. The molecule has 0 unspecified atom stereocenters. The van der Waals surface area contributed by atoms with E-state index in [0.29, 0.717) is 16.8 Å². The lowest BCUT2D eigenvalue weighted by molar-refractivity contribution is -0.117. The molecular weight excluding hydrogens is 252 g/mol. The molecule has 2 amide bonds. The van der Waals surface area contributed by atoms with Crippen LogP contribution in [-0.2, 0) is 11.2 Å². The molecule has 4 nitrogen and oxygen atoms in total. The molecule has 0 N–H and O–H groups in total. The molecule has 1 aliphatic heterocycles. The Hall–Kier alpha value is -2.93. The monoisotopic (exact) mass is 262 g/mol. The lowest BCUT2D eigenvalue weighted by Gasteiger charge is -2.26. The Kier molecular flexibility index (Phi) is 2.81. The van der Waals surface area contributed by atoms with Crippen molar-refractivity contribution in [3.05, 3.63) is 65.2 Å². The van der Waals surface area contributed by atoms with Crippen molar-refractivity contribution in [3.63, 3.8) is 0 Å². The predicted octanol–water partition coefficient (Wildman–Crippen LogP) is 2.29. The van der Waals surface area contributed by atoms with Gasteiger partial charge in [-0.3, -0.25) is 9.59 Å². The maximum Gasteiger partial charge on any atom is 0.265 e. The van der Waals surface area contributed by atoms with Crippen molar-refractivity contribution >= 4 is 17.5 Å². The molecule has 0 aromatic heterocycles. The normalized spacial score (nSPS) is 13.8. The second-order valence-corrected chi connectivity index (χ2v) is 4.53. The van der Waals surface area contributed by atoms with E-state index in [1.807, 2.05) is 12.1 Å². The minimum absolute atomic E-state index is 0.210. The zero-order chi connectivity index (χ0) is 14.1. The summed E-state index contributed by atoms with van der Waals surface area (Å²) in [6.07, 6.45) is 0.210. The van der Waals surface area contributed by atoms with Crippen molar-refractivity contribution in [1.29, 1.82) is 5.26 Å². The second kappa shape index (κ2) is 4.63. The first-order valence-corrected chi connectivity index (χ1v) is 6.16. The summed E-state index contributed by atoms with van der Waals surface area (Å²) >= 11 is 0. The summed E-state index contributed by atoms with van der Waals surface area (Å²) < 4.78 is 0. The summed E-state index contributed by atoms with van der Waals surface area (Å²) in [4.78, 5) is 25.8. The Morgan fingerprint density at radius 1 is 1.00 bits per heavy atom. The molecule has 0 atom stereocenters. The van der Waals surface area contributed by atoms with E-state index in [1.165, 1.54) is 4.90 Å². The van der Waals surface area contributed by atoms with Gasteiger partial charge in [-0.2, -0.15) is 5.26 Å². The van der Waals surface area contributed by atoms with E-state index in [0.717, 1.165) is 5.56 Å². The number of benzene rings is 2. The van der Waals surface area contributed by atoms with Crippen molar-refractivity contribution in [2.45, 2.75) is 6.42 Å². The summed E-state index contributed by atoms with van der Waals surface area (Å²) in [6, 6.07) is 15.5. The first-order valence-electron chi connectivity index (χ1n) is 6.16. The molecule has 2 aromatic carbocycles. The van der Waals surface area contributed by atoms with E-state index in [-0.39, 0.29) is 18.2 Å². The SMILES string of the molecule is N#Cc1ccc(N2C(=O)Cc3ccccc3C2=O)cc1. The van der Waals surface area contributed by atoms with Crippen LogP contribution in [0.25, 0.3) is 0 Å². The molecule has 0 radical (unpaired) electrons. The van der Waals surface area contributed by atoms with E-state index in [1.54, 1.807) is 42.5 Å². The highest BCUT2D eigenvalue weighted by atomic mass is 16.2. The molecule has 0 spiro atoms. The van der Waals surface area contributed by atoms with Crippen LogP contribution in [0.1, 0.15) is 21.5 Å². The fourth-order valence-electron chi connectivity index (χ4n) is 2.31. The summed E-state index contributed by atoms with van der Waals surface area (Å²) in [5.41, 5.74) is 2.29. The van der Waals surface area contributed by atoms with Crippen molar-refractivity contribution in [2.75, 3.05) is 4.90 Å². The molecular formula is C16H10N2O2. The standard InChI is InChI=1S/C16H10N2O2/c17-10-11-5-7-13(8-6-11)18-15(19)9-12-3-1-2-4-14(12)16(18)20/h1-8H,9H2. The van der Waals surface area contributed by atoms with Gasteiger partial charge in [-0.05, 0) is 35.9 Å². The van der Waals surface area contributed by atoms with E-state index in [9.17, 15) is 9.59 Å². The van der Waals surface area contributed by atoms with E-state index >= 15 is 0 Å². The smallest absolute Gasteiger partial charge is 0.265 e. The Bertz CT molecular complexity index is 742. The fourth-order valence-corrected chi connectivity index (χ4v) is 2.31. The van der Waals surface area contributed by atoms with Gasteiger partial charge in [-0.25, -0.2) is 4.90 Å². The number of fused-ring (bicyclic) bond motifs is 1. The number of amides is 2. The van der Waals surface area contributed by atoms with Crippen molar-refractivity contribution < 1.29 is 9.59 Å². The minimum atomic E-state index is -0.318. The van der Waals surface area contributed by atoms with E-state index in [2.05, 4.69) is 0 Å². The van der Waals surface area contributed by atoms with Gasteiger partial charge in [-0.1, -0.05) is 18.2 Å². The van der Waals surface area contributed by atoms with Gasteiger partial charge in [0.25, 0.3) is 5.91 Å². The van der Waals surface area contributed by atoms with Crippen LogP contribution >= 0.6 is 0 Å². The summed E-state index contributed by atoms with van der Waals surface area (Å²) in [5, 5.41) is 8.78. The quantitative estimate of drug-likeness (QED) is 0.741. The summed E-state index contributed by atoms with van der Waals surface area (Å²) in [6.45, 7) is 0. The first kappa shape index (κ1) is 12.1. The maximum atomic E-state index is 12.4. The Morgan fingerprint density at radius 3 is 2.40 bits per heavy atom. The average Bonchev–Trinajstić information content (AvgIpc) is 2.48. The molecule has 0 saturated heterocycles. The fraction of sp³-hybridized carbons (Fsp3) is 0.0625. The van der Waals surface area contributed by atoms with E-state index < -0.39 is 0 Å². The number of nitrogens with zero attached hydrogens (tertiary/aromatic N) is 2. The highest BCUT2D eigenvalue weighted by Gasteiger charge is 2.31. The van der Waals surface area contributed by atoms with Crippen molar-refractivity contribution in [3.8, 4) is 6.07 Å². The second-order valence-electron chi connectivity index (χ2n) is 4.53. The van der Waals surface area contributed by atoms with Gasteiger partial charge in [0.2, 0.25) is 5.91 Å². The van der Waals surface area contributed by atoms with E-state index in [4.69, 9.17) is 5.26 Å². The van der Waals surface area contributed by atoms with Crippen LogP contribution in [0.3, 0.4) is 0 Å². The van der Waals surface area contributed by atoms with Gasteiger partial charge in [0.15, 0.2) is 0 Å². The molecule has 3 rings (SSSR count). The molecule has 0 fully saturated rings. The molecule has 1 aliphatic rings. The van der Waals surface area contributed by atoms with Crippen LogP contribution in [0.15, 0.2) is 48.5 Å². The van der Waals surface area contributed by atoms with Gasteiger partial charge in [0, 0.05) is 5.56 Å². The highest BCUT2D eigenvalue weighted by Crippen LogP contribution is 2.25. The lowest BCUT2D eigenvalue weighted by Crippen LogP contribution is -2.42. The topological polar surface area (TPSA) is 61.2 Å². The number of carbonyl (C=O) groups is 2. The number of hydrogen-bond acceptors (Lipinski definition) is 3. The third-order valence-corrected chi connectivity index (χ3v) is 3.30. The Labute approximate surface area is 115 Å². The number of imide groups is 1. The van der Waals surface area contributed by atoms with Crippen LogP contribution in [0.5, 0.6) is 0 Å². The number of nitriles is 1. The molecule has 2 aromatic rings. The third-order valence-electron chi connectivity index (χ3n) is 3.30. The molecule has 96 valence electrons. The van der Waals surface area contributed by atoms with Crippen molar-refractivity contribution in [1.82, 2.24) is 0 Å². The number of anilines is 1. The Morgan fingerprint density at radius 2 is 1.70 bits per heavy atom. The molecule has 20 heavy (non-hydrogen) atoms. The average molecular weight is 262 g/mol. The van der Waals surface area contributed by atoms with Crippen LogP contribution in [-0.4, -0.2) is 11.8 Å². The summed E-state index contributed by atoms with van der Waals surface area (Å²) in [7, 11) is 0. The van der Waals surface area contributed by atoms with Crippen LogP contribution in [0, 0.1) is 11.3 Å². The lowest BCUT2D eigenvalue weighted by atomic mass is 9.98. The van der Waals surface area contributed by atoms with Gasteiger partial charge in [0.1, 0.15) is 0 Å². The largest absolute Gasteiger partial charge is 0.274 e. The van der Waals surface area contributed by atoms with Gasteiger partial charge in [-0.15, -0.1) is 0 Å².